The molecule has 3 saturated heterocycles. The van der Waals surface area contributed by atoms with Gasteiger partial charge in [0, 0.05) is 30.6 Å². The number of imide groups is 1. The van der Waals surface area contributed by atoms with Gasteiger partial charge in [0.1, 0.15) is 5.54 Å². The summed E-state index contributed by atoms with van der Waals surface area (Å²) in [7, 11) is 2.12. The smallest absolute Gasteiger partial charge is 0.325 e. The Bertz CT molecular complexity index is 863. The molecule has 0 saturated carbocycles. The van der Waals surface area contributed by atoms with Crippen molar-refractivity contribution in [2.75, 3.05) is 33.2 Å². The van der Waals surface area contributed by atoms with E-state index in [0.29, 0.717) is 32.1 Å². The van der Waals surface area contributed by atoms with E-state index in [2.05, 4.69) is 24.2 Å². The van der Waals surface area contributed by atoms with Crippen molar-refractivity contribution >= 4 is 29.2 Å². The molecule has 4 heterocycles. The second-order valence-corrected chi connectivity index (χ2v) is 10.9. The molecular weight excluding hydrogens is 424 g/mol. The molecule has 0 aromatic carbocycles. The number of piperidine rings is 1. The van der Waals surface area contributed by atoms with E-state index in [0.717, 1.165) is 48.4 Å². The summed E-state index contributed by atoms with van der Waals surface area (Å²) in [5.41, 5.74) is -0.817. The number of hydrogen-bond acceptors (Lipinski definition) is 5. The van der Waals surface area contributed by atoms with Gasteiger partial charge in [-0.05, 0) is 77.1 Å². The lowest BCUT2D eigenvalue weighted by Gasteiger charge is -2.40. The number of urea groups is 1. The van der Waals surface area contributed by atoms with Crippen LogP contribution >= 0.6 is 11.3 Å². The first-order valence-corrected chi connectivity index (χ1v) is 12.9. The quantitative estimate of drug-likeness (QED) is 0.633. The van der Waals surface area contributed by atoms with Crippen LogP contribution in [0.15, 0.2) is 12.1 Å². The van der Waals surface area contributed by atoms with Crippen LogP contribution in [-0.4, -0.2) is 77.4 Å². The topological polar surface area (TPSA) is 73.0 Å². The average Bonchev–Trinajstić information content (AvgIpc) is 3.46. The lowest BCUT2D eigenvalue weighted by atomic mass is 9.74. The maximum atomic E-state index is 13.6. The van der Waals surface area contributed by atoms with Crippen LogP contribution in [0, 0.1) is 12.8 Å². The van der Waals surface area contributed by atoms with E-state index in [1.807, 2.05) is 24.0 Å². The van der Waals surface area contributed by atoms with Gasteiger partial charge in [0.05, 0.1) is 4.88 Å². The summed E-state index contributed by atoms with van der Waals surface area (Å²) in [6.45, 7) is 6.90. The van der Waals surface area contributed by atoms with Gasteiger partial charge >= 0.3 is 6.03 Å². The summed E-state index contributed by atoms with van der Waals surface area (Å²) in [4.78, 5) is 46.9. The highest BCUT2D eigenvalue weighted by Gasteiger charge is 2.55. The van der Waals surface area contributed by atoms with Gasteiger partial charge in [-0.1, -0.05) is 13.3 Å². The van der Waals surface area contributed by atoms with Crippen molar-refractivity contribution < 1.29 is 14.4 Å². The van der Waals surface area contributed by atoms with Gasteiger partial charge in [0.25, 0.3) is 11.8 Å². The molecule has 1 N–H and O–H groups in total. The van der Waals surface area contributed by atoms with Crippen LogP contribution in [0.1, 0.15) is 66.4 Å². The molecule has 0 spiro atoms. The summed E-state index contributed by atoms with van der Waals surface area (Å²) in [6, 6.07) is 4.09. The normalized spacial score (nSPS) is 27.4. The van der Waals surface area contributed by atoms with Gasteiger partial charge in [-0.3, -0.25) is 14.5 Å². The van der Waals surface area contributed by atoms with Crippen molar-refractivity contribution in [3.63, 3.8) is 0 Å². The fraction of sp³-hybridized carbons (Fsp3) is 0.708. The summed E-state index contributed by atoms with van der Waals surface area (Å²) in [5, 5.41) is 3.13. The number of thiophene rings is 1. The van der Waals surface area contributed by atoms with Crippen molar-refractivity contribution in [1.29, 1.82) is 0 Å². The number of carbonyl (C=O) groups is 3. The third-order valence-corrected chi connectivity index (χ3v) is 8.62. The predicted molar refractivity (Wildman–Crippen MR) is 126 cm³/mol. The number of rotatable bonds is 7. The molecule has 0 radical (unpaired) electrons. The molecule has 1 aromatic rings. The van der Waals surface area contributed by atoms with Gasteiger partial charge in [-0.2, -0.15) is 0 Å². The van der Waals surface area contributed by atoms with Crippen LogP contribution in [-0.2, 0) is 4.79 Å². The van der Waals surface area contributed by atoms with Gasteiger partial charge < -0.3 is 15.1 Å². The lowest BCUT2D eigenvalue weighted by molar-refractivity contribution is -0.134. The Balaban J connectivity index is 1.41. The van der Waals surface area contributed by atoms with Crippen LogP contribution in [0.3, 0.4) is 0 Å². The number of hydrogen-bond donors (Lipinski definition) is 1. The minimum atomic E-state index is -0.817. The maximum Gasteiger partial charge on any atom is 0.325 e. The van der Waals surface area contributed by atoms with Gasteiger partial charge in [-0.25, -0.2) is 4.79 Å². The van der Waals surface area contributed by atoms with E-state index in [1.165, 1.54) is 22.7 Å². The summed E-state index contributed by atoms with van der Waals surface area (Å²) in [6.07, 6.45) is 6.12. The standard InChI is InChI=1S/C24H36N4O3S/c1-4-12-24(18-9-14-27(15-10-18)21(29)20-8-7-17(2)32-20)22(30)28(23(31)25-24)16-11-19-6-5-13-26(19)3/h7-8,18-19H,4-6,9-16H2,1-3H3,(H,25,31)/t19-,24+/m1/s1. The van der Waals surface area contributed by atoms with E-state index < -0.39 is 5.54 Å². The molecule has 176 valence electrons. The monoisotopic (exact) mass is 460 g/mol. The number of aryl methyl sites for hydroxylation is 1. The Morgan fingerprint density at radius 2 is 1.94 bits per heavy atom. The van der Waals surface area contributed by atoms with E-state index in [4.69, 9.17) is 0 Å². The molecule has 1 aromatic heterocycles. The molecule has 3 fully saturated rings. The average molecular weight is 461 g/mol. The fourth-order valence-electron chi connectivity index (χ4n) is 5.80. The summed E-state index contributed by atoms with van der Waals surface area (Å²) in [5.74, 6) is 0.0889. The van der Waals surface area contributed by atoms with Gasteiger partial charge in [-0.15, -0.1) is 11.3 Å². The number of nitrogens with one attached hydrogen (secondary N) is 1. The van der Waals surface area contributed by atoms with Crippen LogP contribution in [0.25, 0.3) is 0 Å². The molecule has 3 aliphatic rings. The van der Waals surface area contributed by atoms with Crippen LogP contribution < -0.4 is 5.32 Å². The number of nitrogens with zero attached hydrogens (tertiary/aromatic N) is 3. The number of likely N-dealkylation sites (tertiary alicyclic amines) is 2. The molecule has 2 atom stereocenters. The maximum absolute atomic E-state index is 13.6. The molecule has 7 nitrogen and oxygen atoms in total. The lowest BCUT2D eigenvalue weighted by Crippen LogP contribution is -2.56. The third kappa shape index (κ3) is 4.31. The van der Waals surface area contributed by atoms with Crippen LogP contribution in [0.4, 0.5) is 4.79 Å². The second-order valence-electron chi connectivity index (χ2n) is 9.65. The Hall–Kier alpha value is -1.93. The largest absolute Gasteiger partial charge is 0.338 e. The first kappa shape index (κ1) is 23.2. The second kappa shape index (κ2) is 9.51. The zero-order valence-electron chi connectivity index (χ0n) is 19.6. The third-order valence-electron chi connectivity index (χ3n) is 7.63. The minimum absolute atomic E-state index is 0.0522. The summed E-state index contributed by atoms with van der Waals surface area (Å²) >= 11 is 1.53. The molecule has 3 aliphatic heterocycles. The van der Waals surface area contributed by atoms with Crippen molar-refractivity contribution in [2.24, 2.45) is 5.92 Å². The molecule has 0 bridgehead atoms. The number of amides is 4. The molecule has 4 amide bonds. The van der Waals surface area contributed by atoms with Gasteiger partial charge in [0.15, 0.2) is 0 Å². The van der Waals surface area contributed by atoms with Crippen molar-refractivity contribution in [3.8, 4) is 0 Å². The van der Waals surface area contributed by atoms with Crippen molar-refractivity contribution in [1.82, 2.24) is 20.0 Å². The SMILES string of the molecule is CCC[C@@]1(C2CCN(C(=O)c3ccc(C)s3)CC2)NC(=O)N(CC[C@H]2CCCN2C)C1=O. The minimum Gasteiger partial charge on any atom is -0.338 e. The van der Waals surface area contributed by atoms with E-state index in [1.54, 1.807) is 0 Å². The Morgan fingerprint density at radius 1 is 1.19 bits per heavy atom. The predicted octanol–water partition coefficient (Wildman–Crippen LogP) is 3.48. The Labute approximate surface area is 195 Å². The molecule has 4 rings (SSSR count). The molecule has 0 aliphatic carbocycles. The molecular formula is C24H36N4O3S. The van der Waals surface area contributed by atoms with Crippen LogP contribution in [0.5, 0.6) is 0 Å². The highest BCUT2D eigenvalue weighted by Crippen LogP contribution is 2.38. The zero-order chi connectivity index (χ0) is 22.9. The van der Waals surface area contributed by atoms with Crippen LogP contribution in [0.2, 0.25) is 0 Å². The Kier molecular flexibility index (Phi) is 6.91. The van der Waals surface area contributed by atoms with E-state index >= 15 is 0 Å². The van der Waals surface area contributed by atoms with Gasteiger partial charge in [0.2, 0.25) is 0 Å². The first-order chi connectivity index (χ1) is 15.4. The Morgan fingerprint density at radius 3 is 2.53 bits per heavy atom. The molecule has 8 heteroatoms. The van der Waals surface area contributed by atoms with E-state index in [-0.39, 0.29) is 23.8 Å². The van der Waals surface area contributed by atoms with Crippen molar-refractivity contribution in [2.45, 2.75) is 70.4 Å². The highest BCUT2D eigenvalue weighted by molar-refractivity contribution is 7.13. The summed E-state index contributed by atoms with van der Waals surface area (Å²) < 4.78 is 0. The number of carbonyl (C=O) groups excluding carboxylic acids is 3. The molecule has 0 unspecified atom stereocenters. The van der Waals surface area contributed by atoms with Crippen molar-refractivity contribution in [3.05, 3.63) is 21.9 Å². The zero-order valence-corrected chi connectivity index (χ0v) is 20.4. The first-order valence-electron chi connectivity index (χ1n) is 12.1. The van der Waals surface area contributed by atoms with E-state index in [9.17, 15) is 14.4 Å². The molecule has 32 heavy (non-hydrogen) atoms. The fourth-order valence-corrected chi connectivity index (χ4v) is 6.63. The highest BCUT2D eigenvalue weighted by atomic mass is 32.1.